The zero-order chi connectivity index (χ0) is 16.7. The van der Waals surface area contributed by atoms with E-state index < -0.39 is 5.82 Å². The molecule has 1 fully saturated rings. The molecule has 1 heterocycles. The lowest BCUT2D eigenvalue weighted by Gasteiger charge is -2.11. The first-order valence-corrected chi connectivity index (χ1v) is 8.57. The van der Waals surface area contributed by atoms with Crippen LogP contribution in [0.25, 0.3) is 10.9 Å². The Morgan fingerprint density at radius 1 is 1.17 bits per heavy atom. The fourth-order valence-electron chi connectivity index (χ4n) is 2.75. The number of carbonyl (C=O) groups is 1. The Labute approximate surface area is 147 Å². The van der Waals surface area contributed by atoms with E-state index in [9.17, 15) is 9.18 Å². The Morgan fingerprint density at radius 3 is 2.71 bits per heavy atom. The predicted molar refractivity (Wildman–Crippen MR) is 95.8 cm³/mol. The number of rotatable bonds is 3. The van der Waals surface area contributed by atoms with Gasteiger partial charge in [-0.1, -0.05) is 34.1 Å². The molecule has 0 spiro atoms. The summed E-state index contributed by atoms with van der Waals surface area (Å²) in [4.78, 5) is 17.4. The maximum absolute atomic E-state index is 14.0. The highest BCUT2D eigenvalue weighted by molar-refractivity contribution is 9.10. The molecule has 0 saturated heterocycles. The third-order valence-corrected chi connectivity index (χ3v) is 4.65. The van der Waals surface area contributed by atoms with E-state index in [1.807, 2.05) is 30.3 Å². The molecule has 1 N–H and O–H groups in total. The molecule has 3 nitrogen and oxygen atoms in total. The van der Waals surface area contributed by atoms with Crippen LogP contribution < -0.4 is 5.32 Å². The SMILES string of the molecule is O=C(Nc1ccc(Br)cc1F)c1cc(C2CC2)nc2ccccc12. The number of hydrogen-bond acceptors (Lipinski definition) is 2. The van der Waals surface area contributed by atoms with Gasteiger partial charge in [0.2, 0.25) is 0 Å². The summed E-state index contributed by atoms with van der Waals surface area (Å²) in [7, 11) is 0. The molecule has 0 unspecified atom stereocenters. The molecule has 1 saturated carbocycles. The second kappa shape index (κ2) is 5.98. The van der Waals surface area contributed by atoms with Crippen molar-refractivity contribution < 1.29 is 9.18 Å². The van der Waals surface area contributed by atoms with E-state index in [2.05, 4.69) is 26.2 Å². The number of anilines is 1. The lowest BCUT2D eigenvalue weighted by Crippen LogP contribution is -2.14. The summed E-state index contributed by atoms with van der Waals surface area (Å²) in [6, 6.07) is 14.0. The van der Waals surface area contributed by atoms with Gasteiger partial charge in [0.15, 0.2) is 0 Å². The Bertz CT molecular complexity index is 953. The first-order chi connectivity index (χ1) is 11.6. The third-order valence-electron chi connectivity index (χ3n) is 4.16. The van der Waals surface area contributed by atoms with Crippen LogP contribution in [-0.2, 0) is 0 Å². The number of pyridine rings is 1. The van der Waals surface area contributed by atoms with Crippen LogP contribution in [0.4, 0.5) is 10.1 Å². The van der Waals surface area contributed by atoms with Gasteiger partial charge in [0.05, 0.1) is 16.8 Å². The Hall–Kier alpha value is -2.27. The summed E-state index contributed by atoms with van der Waals surface area (Å²) in [5.41, 5.74) is 2.43. The number of amides is 1. The standard InChI is InChI=1S/C19H14BrFN2O/c20-12-7-8-17(15(21)9-12)23-19(24)14-10-18(11-5-6-11)22-16-4-2-1-3-13(14)16/h1-4,7-11H,5-6H2,(H,23,24). The van der Waals surface area contributed by atoms with Gasteiger partial charge in [0.25, 0.3) is 5.91 Å². The number of halogens is 2. The molecule has 2 aromatic carbocycles. The minimum Gasteiger partial charge on any atom is -0.319 e. The number of hydrogen-bond donors (Lipinski definition) is 1. The number of nitrogens with one attached hydrogen (secondary N) is 1. The average molecular weight is 385 g/mol. The summed E-state index contributed by atoms with van der Waals surface area (Å²) < 4.78 is 14.6. The van der Waals surface area contributed by atoms with E-state index in [0.717, 1.165) is 29.4 Å². The number of carbonyl (C=O) groups excluding carboxylic acids is 1. The number of benzene rings is 2. The summed E-state index contributed by atoms with van der Waals surface area (Å²) in [5, 5.41) is 3.44. The molecule has 0 radical (unpaired) electrons. The van der Waals surface area contributed by atoms with Crippen molar-refractivity contribution in [2.45, 2.75) is 18.8 Å². The minimum absolute atomic E-state index is 0.164. The second-order valence-corrected chi connectivity index (χ2v) is 6.88. The van der Waals surface area contributed by atoms with Gasteiger partial charge in [0.1, 0.15) is 5.82 Å². The van der Waals surface area contributed by atoms with E-state index >= 15 is 0 Å². The van der Waals surface area contributed by atoms with E-state index in [0.29, 0.717) is 16.0 Å². The molecule has 0 bridgehead atoms. The monoisotopic (exact) mass is 384 g/mol. The van der Waals surface area contributed by atoms with Crippen LogP contribution in [0, 0.1) is 5.82 Å². The Kier molecular flexibility index (Phi) is 3.81. The lowest BCUT2D eigenvalue weighted by atomic mass is 10.1. The summed E-state index contributed by atoms with van der Waals surface area (Å²) in [6.07, 6.45) is 2.21. The van der Waals surface area contributed by atoms with Gasteiger partial charge < -0.3 is 5.32 Å². The largest absolute Gasteiger partial charge is 0.319 e. The summed E-state index contributed by atoms with van der Waals surface area (Å²) in [6.45, 7) is 0. The van der Waals surface area contributed by atoms with Crippen molar-refractivity contribution >= 4 is 38.4 Å². The van der Waals surface area contributed by atoms with E-state index in [1.165, 1.54) is 6.07 Å². The van der Waals surface area contributed by atoms with E-state index in [1.54, 1.807) is 12.1 Å². The molecule has 24 heavy (non-hydrogen) atoms. The smallest absolute Gasteiger partial charge is 0.256 e. The van der Waals surface area contributed by atoms with Crippen LogP contribution in [0.3, 0.4) is 0 Å². The molecule has 5 heteroatoms. The van der Waals surface area contributed by atoms with Gasteiger partial charge in [-0.15, -0.1) is 0 Å². The van der Waals surface area contributed by atoms with Crippen LogP contribution in [0.1, 0.15) is 34.8 Å². The maximum Gasteiger partial charge on any atom is 0.256 e. The van der Waals surface area contributed by atoms with Crippen LogP contribution in [0.2, 0.25) is 0 Å². The normalized spacial score (nSPS) is 13.9. The molecular weight excluding hydrogens is 371 g/mol. The minimum atomic E-state index is -0.474. The van der Waals surface area contributed by atoms with Crippen LogP contribution in [0.15, 0.2) is 53.0 Å². The van der Waals surface area contributed by atoms with Crippen molar-refractivity contribution in [2.24, 2.45) is 0 Å². The molecule has 4 rings (SSSR count). The van der Waals surface area contributed by atoms with Gasteiger partial charge in [-0.05, 0) is 43.2 Å². The van der Waals surface area contributed by atoms with Gasteiger partial charge in [-0.2, -0.15) is 0 Å². The molecule has 1 aromatic heterocycles. The average Bonchev–Trinajstić information content (AvgIpc) is 3.41. The van der Waals surface area contributed by atoms with Crippen molar-refractivity contribution in [1.82, 2.24) is 4.98 Å². The first kappa shape index (κ1) is 15.3. The number of aromatic nitrogens is 1. The van der Waals surface area contributed by atoms with Crippen molar-refractivity contribution in [3.05, 3.63) is 70.1 Å². The van der Waals surface area contributed by atoms with E-state index in [4.69, 9.17) is 0 Å². The molecule has 1 aliphatic carbocycles. The van der Waals surface area contributed by atoms with Gasteiger partial charge in [-0.25, -0.2) is 4.39 Å². The Morgan fingerprint density at radius 2 is 1.96 bits per heavy atom. The van der Waals surface area contributed by atoms with Crippen molar-refractivity contribution in [1.29, 1.82) is 0 Å². The van der Waals surface area contributed by atoms with Crippen LogP contribution >= 0.6 is 15.9 Å². The highest BCUT2D eigenvalue weighted by atomic mass is 79.9. The number of para-hydroxylation sites is 1. The number of fused-ring (bicyclic) bond motifs is 1. The molecule has 120 valence electrons. The predicted octanol–water partition coefficient (Wildman–Crippen LogP) is 5.27. The molecule has 3 aromatic rings. The molecule has 1 aliphatic rings. The summed E-state index contributed by atoms with van der Waals surface area (Å²) >= 11 is 3.21. The quantitative estimate of drug-likeness (QED) is 0.668. The first-order valence-electron chi connectivity index (χ1n) is 7.78. The lowest BCUT2D eigenvalue weighted by molar-refractivity contribution is 0.102. The van der Waals surface area contributed by atoms with Gasteiger partial charge in [0, 0.05) is 21.5 Å². The zero-order valence-corrected chi connectivity index (χ0v) is 14.3. The fourth-order valence-corrected chi connectivity index (χ4v) is 3.09. The molecule has 0 atom stereocenters. The van der Waals surface area contributed by atoms with Gasteiger partial charge in [-0.3, -0.25) is 9.78 Å². The maximum atomic E-state index is 14.0. The molecule has 1 amide bonds. The highest BCUT2D eigenvalue weighted by Crippen LogP contribution is 2.40. The number of nitrogens with zero attached hydrogens (tertiary/aromatic N) is 1. The molecular formula is C19H14BrFN2O. The van der Waals surface area contributed by atoms with Crippen LogP contribution in [-0.4, -0.2) is 10.9 Å². The van der Waals surface area contributed by atoms with Gasteiger partial charge >= 0.3 is 0 Å². The van der Waals surface area contributed by atoms with Crippen molar-refractivity contribution in [3.8, 4) is 0 Å². The van der Waals surface area contributed by atoms with Crippen LogP contribution in [0.5, 0.6) is 0 Å². The summed E-state index contributed by atoms with van der Waals surface area (Å²) in [5.74, 6) is -0.360. The van der Waals surface area contributed by atoms with Crippen molar-refractivity contribution in [3.63, 3.8) is 0 Å². The second-order valence-electron chi connectivity index (χ2n) is 5.96. The third kappa shape index (κ3) is 2.91. The topological polar surface area (TPSA) is 42.0 Å². The highest BCUT2D eigenvalue weighted by Gasteiger charge is 2.27. The zero-order valence-electron chi connectivity index (χ0n) is 12.7. The van der Waals surface area contributed by atoms with E-state index in [-0.39, 0.29) is 11.6 Å². The Balaban J connectivity index is 1.75. The van der Waals surface area contributed by atoms with Crippen molar-refractivity contribution in [2.75, 3.05) is 5.32 Å². The fraction of sp³-hybridized carbons (Fsp3) is 0.158. The molecule has 0 aliphatic heterocycles.